The van der Waals surface area contributed by atoms with Crippen LogP contribution >= 0.6 is 0 Å². The van der Waals surface area contributed by atoms with Crippen LogP contribution in [0.1, 0.15) is 19.4 Å². The molecule has 1 unspecified atom stereocenters. The second-order valence-electron chi connectivity index (χ2n) is 5.14. The second-order valence-corrected chi connectivity index (χ2v) is 5.14. The number of carbonyl (C=O) groups is 1. The fraction of sp³-hybridized carbons (Fsp3) is 0.312. The standard InChI is InChI=1S/C16H20N2O/c1-11(2)15(16(17)19)18-10-13-8-5-7-12-6-3-4-9-14(12)13/h3-9,11,15,18H,10H2,1-2H3,(H2,17,19). The molecule has 0 spiro atoms. The number of primary amides is 1. The highest BCUT2D eigenvalue weighted by molar-refractivity contribution is 5.85. The number of hydrogen-bond acceptors (Lipinski definition) is 2. The second kappa shape index (κ2) is 5.85. The lowest BCUT2D eigenvalue weighted by molar-refractivity contribution is -0.121. The quantitative estimate of drug-likeness (QED) is 0.863. The number of nitrogens with two attached hydrogens (primary N) is 1. The minimum absolute atomic E-state index is 0.187. The van der Waals surface area contributed by atoms with Crippen LogP contribution in [0.3, 0.4) is 0 Å². The molecule has 2 aromatic carbocycles. The Bertz CT molecular complexity index is 572. The Hall–Kier alpha value is -1.87. The van der Waals surface area contributed by atoms with Gasteiger partial charge in [0.05, 0.1) is 6.04 Å². The highest BCUT2D eigenvalue weighted by Crippen LogP contribution is 2.18. The van der Waals surface area contributed by atoms with Crippen molar-refractivity contribution in [1.82, 2.24) is 5.32 Å². The van der Waals surface area contributed by atoms with E-state index < -0.39 is 0 Å². The third-order valence-electron chi connectivity index (χ3n) is 3.37. The van der Waals surface area contributed by atoms with Crippen molar-refractivity contribution in [1.29, 1.82) is 0 Å². The Morgan fingerprint density at radius 1 is 1.16 bits per heavy atom. The molecule has 0 aliphatic rings. The summed E-state index contributed by atoms with van der Waals surface area (Å²) in [6, 6.07) is 14.2. The molecule has 0 heterocycles. The van der Waals surface area contributed by atoms with Gasteiger partial charge >= 0.3 is 0 Å². The van der Waals surface area contributed by atoms with Crippen LogP contribution in [-0.4, -0.2) is 11.9 Å². The summed E-state index contributed by atoms with van der Waals surface area (Å²) in [6.45, 7) is 4.63. The van der Waals surface area contributed by atoms with Crippen molar-refractivity contribution in [3.63, 3.8) is 0 Å². The van der Waals surface area contributed by atoms with Gasteiger partial charge in [-0.2, -0.15) is 0 Å². The molecule has 100 valence electrons. The summed E-state index contributed by atoms with van der Waals surface area (Å²) in [4.78, 5) is 11.4. The van der Waals surface area contributed by atoms with Crippen LogP contribution in [0, 0.1) is 5.92 Å². The van der Waals surface area contributed by atoms with Crippen molar-refractivity contribution in [3.8, 4) is 0 Å². The average molecular weight is 256 g/mol. The van der Waals surface area contributed by atoms with E-state index in [9.17, 15) is 4.79 Å². The van der Waals surface area contributed by atoms with Gasteiger partial charge in [0.2, 0.25) is 5.91 Å². The molecule has 0 saturated heterocycles. The average Bonchev–Trinajstić information content (AvgIpc) is 2.38. The first-order valence-corrected chi connectivity index (χ1v) is 6.59. The molecule has 2 aromatic rings. The summed E-state index contributed by atoms with van der Waals surface area (Å²) in [6.07, 6.45) is 0. The van der Waals surface area contributed by atoms with Crippen LogP contribution in [0.4, 0.5) is 0 Å². The van der Waals surface area contributed by atoms with Gasteiger partial charge in [0, 0.05) is 6.54 Å². The van der Waals surface area contributed by atoms with Gasteiger partial charge in [-0.1, -0.05) is 56.3 Å². The van der Waals surface area contributed by atoms with E-state index in [4.69, 9.17) is 5.73 Å². The van der Waals surface area contributed by atoms with Crippen molar-refractivity contribution in [2.45, 2.75) is 26.4 Å². The van der Waals surface area contributed by atoms with E-state index in [1.54, 1.807) is 0 Å². The summed E-state index contributed by atoms with van der Waals surface area (Å²) < 4.78 is 0. The van der Waals surface area contributed by atoms with E-state index in [1.165, 1.54) is 16.3 Å². The van der Waals surface area contributed by atoms with Crippen LogP contribution in [0.5, 0.6) is 0 Å². The zero-order valence-corrected chi connectivity index (χ0v) is 11.4. The summed E-state index contributed by atoms with van der Waals surface area (Å²) in [5.41, 5.74) is 6.60. The fourth-order valence-electron chi connectivity index (χ4n) is 2.33. The first-order chi connectivity index (χ1) is 9.09. The number of fused-ring (bicyclic) bond motifs is 1. The SMILES string of the molecule is CC(C)C(NCc1cccc2ccccc12)C(N)=O. The largest absolute Gasteiger partial charge is 0.368 e. The number of amides is 1. The van der Waals surface area contributed by atoms with E-state index >= 15 is 0 Å². The Morgan fingerprint density at radius 3 is 2.53 bits per heavy atom. The maximum absolute atomic E-state index is 11.4. The Kier molecular flexibility index (Phi) is 4.17. The molecule has 3 heteroatoms. The summed E-state index contributed by atoms with van der Waals surface area (Å²) >= 11 is 0. The lowest BCUT2D eigenvalue weighted by Crippen LogP contribution is -2.44. The molecule has 0 aromatic heterocycles. The van der Waals surface area contributed by atoms with Gasteiger partial charge in [0.15, 0.2) is 0 Å². The predicted octanol–water partition coefficient (Wildman–Crippen LogP) is 2.44. The van der Waals surface area contributed by atoms with Crippen molar-refractivity contribution in [3.05, 3.63) is 48.0 Å². The topological polar surface area (TPSA) is 55.1 Å². The minimum Gasteiger partial charge on any atom is -0.368 e. The maximum atomic E-state index is 11.4. The monoisotopic (exact) mass is 256 g/mol. The summed E-state index contributed by atoms with van der Waals surface area (Å²) in [5.74, 6) is -0.109. The molecule has 3 N–H and O–H groups in total. The first kappa shape index (κ1) is 13.6. The van der Waals surface area contributed by atoms with Crippen molar-refractivity contribution in [2.24, 2.45) is 11.7 Å². The summed E-state index contributed by atoms with van der Waals surface area (Å²) in [5, 5.41) is 5.68. The van der Waals surface area contributed by atoms with Gasteiger partial charge in [-0.3, -0.25) is 4.79 Å². The fourth-order valence-corrected chi connectivity index (χ4v) is 2.33. The van der Waals surface area contributed by atoms with Gasteiger partial charge in [-0.25, -0.2) is 0 Å². The number of hydrogen-bond donors (Lipinski definition) is 2. The number of nitrogens with one attached hydrogen (secondary N) is 1. The van der Waals surface area contributed by atoms with Gasteiger partial charge < -0.3 is 11.1 Å². The van der Waals surface area contributed by atoms with E-state index in [0.29, 0.717) is 6.54 Å². The van der Waals surface area contributed by atoms with Gasteiger partial charge in [-0.05, 0) is 22.3 Å². The number of benzene rings is 2. The van der Waals surface area contributed by atoms with Gasteiger partial charge in [-0.15, -0.1) is 0 Å². The lowest BCUT2D eigenvalue weighted by Gasteiger charge is -2.19. The summed E-state index contributed by atoms with van der Waals surface area (Å²) in [7, 11) is 0. The van der Waals surface area contributed by atoms with Crippen LogP contribution in [0.25, 0.3) is 10.8 Å². The van der Waals surface area contributed by atoms with Crippen LogP contribution in [0.15, 0.2) is 42.5 Å². The lowest BCUT2D eigenvalue weighted by atomic mass is 10.0. The molecule has 0 aliphatic carbocycles. The van der Waals surface area contributed by atoms with Gasteiger partial charge in [0.25, 0.3) is 0 Å². The van der Waals surface area contributed by atoms with Gasteiger partial charge in [0.1, 0.15) is 0 Å². The Morgan fingerprint density at radius 2 is 1.84 bits per heavy atom. The highest BCUT2D eigenvalue weighted by Gasteiger charge is 2.18. The molecule has 1 amide bonds. The Labute approximate surface area is 113 Å². The molecular weight excluding hydrogens is 236 g/mol. The third kappa shape index (κ3) is 3.12. The van der Waals surface area contributed by atoms with E-state index in [1.807, 2.05) is 32.0 Å². The molecule has 0 bridgehead atoms. The van der Waals surface area contributed by atoms with Crippen LogP contribution in [0.2, 0.25) is 0 Å². The molecule has 2 rings (SSSR count). The smallest absolute Gasteiger partial charge is 0.234 e. The minimum atomic E-state index is -0.296. The molecule has 0 fully saturated rings. The van der Waals surface area contributed by atoms with Crippen molar-refractivity contribution < 1.29 is 4.79 Å². The van der Waals surface area contributed by atoms with Crippen LogP contribution < -0.4 is 11.1 Å². The molecular formula is C16H20N2O. The normalized spacial score (nSPS) is 12.8. The molecule has 0 radical (unpaired) electrons. The predicted molar refractivity (Wildman–Crippen MR) is 78.6 cm³/mol. The molecule has 19 heavy (non-hydrogen) atoms. The molecule has 0 aliphatic heterocycles. The van der Waals surface area contributed by atoms with Crippen molar-refractivity contribution >= 4 is 16.7 Å². The van der Waals surface area contributed by atoms with E-state index in [-0.39, 0.29) is 17.9 Å². The highest BCUT2D eigenvalue weighted by atomic mass is 16.1. The van der Waals surface area contributed by atoms with E-state index in [0.717, 1.165) is 0 Å². The Balaban J connectivity index is 2.20. The van der Waals surface area contributed by atoms with E-state index in [2.05, 4.69) is 29.6 Å². The van der Waals surface area contributed by atoms with Crippen molar-refractivity contribution in [2.75, 3.05) is 0 Å². The molecule has 1 atom stereocenters. The number of carbonyl (C=O) groups excluding carboxylic acids is 1. The third-order valence-corrected chi connectivity index (χ3v) is 3.37. The maximum Gasteiger partial charge on any atom is 0.234 e. The zero-order valence-electron chi connectivity index (χ0n) is 11.4. The molecule has 0 saturated carbocycles. The molecule has 3 nitrogen and oxygen atoms in total. The van der Waals surface area contributed by atoms with Crippen LogP contribution in [-0.2, 0) is 11.3 Å². The zero-order chi connectivity index (χ0) is 13.8. The first-order valence-electron chi connectivity index (χ1n) is 6.59. The number of rotatable bonds is 5.